The van der Waals surface area contributed by atoms with Gasteiger partial charge in [-0.3, -0.25) is 9.59 Å². The molecule has 5 aromatic rings. The molecule has 242 valence electrons. The number of phenols is 2. The number of fused-ring (bicyclic) bond motifs is 2. The van der Waals surface area contributed by atoms with E-state index in [1.165, 1.54) is 28.4 Å². The number of aryl methyl sites for hydroxylation is 2. The first-order chi connectivity index (χ1) is 22.1. The molecule has 0 fully saturated rings. The molecule has 5 rings (SSSR count). The number of aromatic hydroxyl groups is 2. The van der Waals surface area contributed by atoms with Crippen molar-refractivity contribution in [2.75, 3.05) is 42.7 Å². The maximum Gasteiger partial charge on any atom is 0.345 e. The van der Waals surface area contributed by atoms with Crippen LogP contribution in [0.3, 0.4) is 0 Å². The van der Waals surface area contributed by atoms with E-state index in [2.05, 4.69) is 0 Å². The Hall–Kier alpha value is -5.26. The second kappa shape index (κ2) is 11.9. The smallest absolute Gasteiger partial charge is 0.345 e. The predicted molar refractivity (Wildman–Crippen MR) is 172 cm³/mol. The van der Waals surface area contributed by atoms with E-state index < -0.39 is 45.4 Å². The highest BCUT2D eigenvalue weighted by Gasteiger charge is 2.37. The molecule has 0 aromatic heterocycles. The van der Waals surface area contributed by atoms with Gasteiger partial charge >= 0.3 is 11.9 Å². The summed E-state index contributed by atoms with van der Waals surface area (Å²) in [5, 5.41) is 24.2. The van der Waals surface area contributed by atoms with Gasteiger partial charge in [-0.15, -0.1) is 0 Å². The number of ether oxygens (including phenoxy) is 6. The maximum absolute atomic E-state index is 14.3. The van der Waals surface area contributed by atoms with E-state index >= 15 is 0 Å². The molecule has 0 bridgehead atoms. The van der Waals surface area contributed by atoms with Crippen LogP contribution >= 0.6 is 0 Å². The quantitative estimate of drug-likeness (QED) is 0.122. The molecule has 0 aliphatic heterocycles. The van der Waals surface area contributed by atoms with Crippen LogP contribution in [0.4, 0.5) is 0 Å². The van der Waals surface area contributed by atoms with Crippen LogP contribution in [0.2, 0.25) is 0 Å². The minimum atomic E-state index is -1.02. The van der Waals surface area contributed by atoms with Gasteiger partial charge in [-0.05, 0) is 23.6 Å². The van der Waals surface area contributed by atoms with Crippen LogP contribution in [-0.2, 0) is 22.3 Å². The minimum Gasteiger partial charge on any atom is -0.506 e. The van der Waals surface area contributed by atoms with Crippen molar-refractivity contribution < 1.29 is 48.2 Å². The molecular weight excluding hydrogens is 600 g/mol. The Bertz CT molecular complexity index is 2030. The molecule has 0 saturated heterocycles. The molecule has 0 aliphatic rings. The molecule has 12 nitrogen and oxygen atoms in total. The van der Waals surface area contributed by atoms with Gasteiger partial charge in [0.25, 0.3) is 0 Å². The molecule has 0 saturated carbocycles. The molecule has 0 spiro atoms. The molecule has 46 heavy (non-hydrogen) atoms. The second-order valence-corrected chi connectivity index (χ2v) is 10.7. The van der Waals surface area contributed by atoms with Gasteiger partial charge in [0.2, 0.25) is 10.9 Å². The van der Waals surface area contributed by atoms with Gasteiger partial charge in [0.15, 0.2) is 11.5 Å². The van der Waals surface area contributed by atoms with Gasteiger partial charge in [-0.25, -0.2) is 9.59 Å². The first kappa shape index (κ1) is 32.1. The summed E-state index contributed by atoms with van der Waals surface area (Å²) in [4.78, 5) is 55.0. The lowest BCUT2D eigenvalue weighted by Gasteiger charge is -2.26. The number of methoxy groups -OCH3 is 6. The Balaban J connectivity index is 2.47. The highest BCUT2D eigenvalue weighted by Crippen LogP contribution is 2.56. The summed E-state index contributed by atoms with van der Waals surface area (Å²) >= 11 is 0. The molecule has 0 unspecified atom stereocenters. The summed E-state index contributed by atoms with van der Waals surface area (Å²) < 4.78 is 32.9. The van der Waals surface area contributed by atoms with Crippen molar-refractivity contribution in [3.63, 3.8) is 0 Å². The lowest BCUT2D eigenvalue weighted by Crippen LogP contribution is -2.17. The van der Waals surface area contributed by atoms with Crippen LogP contribution in [0, 0.1) is 0 Å². The Labute approximate surface area is 262 Å². The number of phenolic OH excluding ortho intramolecular Hbond substituents is 2. The van der Waals surface area contributed by atoms with Crippen LogP contribution in [0.1, 0.15) is 58.5 Å². The Kier molecular flexibility index (Phi) is 8.33. The van der Waals surface area contributed by atoms with Gasteiger partial charge in [-0.1, -0.05) is 26.7 Å². The van der Waals surface area contributed by atoms with Crippen molar-refractivity contribution in [1.29, 1.82) is 0 Å². The molecule has 0 radical (unpaired) electrons. The molecule has 0 amide bonds. The fraction of sp³-hybridized carbons (Fsp3) is 0.353. The summed E-state index contributed by atoms with van der Waals surface area (Å²) in [6.45, 7) is 3.83. The molecule has 5 aromatic carbocycles. The van der Waals surface area contributed by atoms with Gasteiger partial charge in [0.1, 0.15) is 34.1 Å². The van der Waals surface area contributed by atoms with Crippen molar-refractivity contribution in [1.82, 2.24) is 0 Å². The Morgan fingerprint density at radius 3 is 1.09 bits per heavy atom. The zero-order valence-corrected chi connectivity index (χ0v) is 26.8. The highest BCUT2D eigenvalue weighted by atomic mass is 16.5. The third kappa shape index (κ3) is 4.05. The summed E-state index contributed by atoms with van der Waals surface area (Å²) in [5.41, 5.74) is -1.42. The minimum absolute atomic E-state index is 0.0642. The van der Waals surface area contributed by atoms with Crippen molar-refractivity contribution in [3.8, 4) is 34.5 Å². The topological polar surface area (TPSA) is 164 Å². The average molecular weight is 635 g/mol. The molecule has 0 aliphatic carbocycles. The summed E-state index contributed by atoms with van der Waals surface area (Å²) in [5.74, 6) is -4.02. The maximum atomic E-state index is 14.3. The SMILES string of the molecule is CCCc1c(OC)c(=O)c2c(O)c(C(=O)OC)c(OC)c3c4c(OC)c(C(=O)OC)c(O)c5c(=O)c(OC)c(CCC)c(c1c23)c54. The number of esters is 2. The van der Waals surface area contributed by atoms with E-state index in [-0.39, 0.29) is 55.3 Å². The second-order valence-electron chi connectivity index (χ2n) is 10.7. The zero-order valence-electron chi connectivity index (χ0n) is 26.8. The van der Waals surface area contributed by atoms with Crippen LogP contribution in [-0.4, -0.2) is 64.8 Å². The fourth-order valence-electron chi connectivity index (χ4n) is 6.83. The van der Waals surface area contributed by atoms with Crippen molar-refractivity contribution in [2.45, 2.75) is 39.5 Å². The average Bonchev–Trinajstić information content (AvgIpc) is 3.04. The number of carbonyl (C=O) groups is 2. The first-order valence-corrected chi connectivity index (χ1v) is 14.6. The largest absolute Gasteiger partial charge is 0.506 e. The first-order valence-electron chi connectivity index (χ1n) is 14.6. The van der Waals surface area contributed by atoms with E-state index in [0.717, 1.165) is 14.2 Å². The number of rotatable bonds is 10. The van der Waals surface area contributed by atoms with Crippen LogP contribution in [0.25, 0.3) is 43.1 Å². The number of benzene rings is 5. The summed E-state index contributed by atoms with van der Waals surface area (Å²) in [6, 6.07) is 0. The third-order valence-electron chi connectivity index (χ3n) is 8.47. The Morgan fingerprint density at radius 1 is 0.500 bits per heavy atom. The molecule has 2 N–H and O–H groups in total. The van der Waals surface area contributed by atoms with Gasteiger partial charge < -0.3 is 38.6 Å². The number of hydrogen-bond acceptors (Lipinski definition) is 12. The van der Waals surface area contributed by atoms with E-state index in [1.54, 1.807) is 0 Å². The monoisotopic (exact) mass is 634 g/mol. The molecular formula is C34H34O12. The highest BCUT2D eigenvalue weighted by molar-refractivity contribution is 6.40. The zero-order chi connectivity index (χ0) is 33.8. The van der Waals surface area contributed by atoms with Crippen LogP contribution in [0.15, 0.2) is 9.59 Å². The lowest BCUT2D eigenvalue weighted by atomic mass is 9.80. The Morgan fingerprint density at radius 2 is 0.826 bits per heavy atom. The summed E-state index contributed by atoms with van der Waals surface area (Å²) in [6.07, 6.45) is 1.80. The summed E-state index contributed by atoms with van der Waals surface area (Å²) in [7, 11) is 7.37. The predicted octanol–water partition coefficient (Wildman–Crippen LogP) is 4.82. The number of carbonyl (C=O) groups excluding carboxylic acids is 2. The van der Waals surface area contributed by atoms with Gasteiger partial charge in [0.05, 0.1) is 53.4 Å². The lowest BCUT2D eigenvalue weighted by molar-refractivity contribution is 0.0584. The number of hydrogen-bond donors (Lipinski definition) is 2. The molecule has 12 heteroatoms. The van der Waals surface area contributed by atoms with E-state index in [1.807, 2.05) is 13.8 Å². The van der Waals surface area contributed by atoms with Crippen molar-refractivity contribution in [2.24, 2.45) is 0 Å². The van der Waals surface area contributed by atoms with Gasteiger partial charge in [0, 0.05) is 32.7 Å². The fourth-order valence-corrected chi connectivity index (χ4v) is 6.83. The van der Waals surface area contributed by atoms with Crippen LogP contribution in [0.5, 0.6) is 34.5 Å². The van der Waals surface area contributed by atoms with E-state index in [4.69, 9.17) is 28.4 Å². The third-order valence-corrected chi connectivity index (χ3v) is 8.47. The van der Waals surface area contributed by atoms with Crippen molar-refractivity contribution >= 4 is 55.0 Å². The normalized spacial score (nSPS) is 11.5. The van der Waals surface area contributed by atoms with Gasteiger partial charge in [-0.2, -0.15) is 0 Å². The van der Waals surface area contributed by atoms with E-state index in [0.29, 0.717) is 47.6 Å². The van der Waals surface area contributed by atoms with Crippen molar-refractivity contribution in [3.05, 3.63) is 42.7 Å². The van der Waals surface area contributed by atoms with E-state index in [9.17, 15) is 29.4 Å². The molecule has 0 atom stereocenters. The molecule has 0 heterocycles. The standard InChI is InChI=1S/C34H34O12/c1-9-11-13-15-16-14(12-10-2)30(42-4)28(38)22-18(16)20(32(44-6)24(26(22)36)34(40)46-8)19-17(15)21(27(37)29(13)41-3)25(35)23(31(19)43-5)33(39)45-7/h35-36H,9-12H2,1-8H3. The van der Waals surface area contributed by atoms with Crippen LogP contribution < -0.4 is 29.8 Å².